The highest BCUT2D eigenvalue weighted by Gasteiger charge is 1.83. The van der Waals surface area contributed by atoms with Gasteiger partial charge in [-0.05, 0) is 25.8 Å². The van der Waals surface area contributed by atoms with Crippen LogP contribution in [0.2, 0.25) is 0 Å². The van der Waals surface area contributed by atoms with Crippen molar-refractivity contribution in [3.63, 3.8) is 0 Å². The minimum atomic E-state index is -0.833. The van der Waals surface area contributed by atoms with E-state index in [0.717, 1.165) is 13.3 Å². The summed E-state index contributed by atoms with van der Waals surface area (Å²) in [6.45, 7) is 4.84. The van der Waals surface area contributed by atoms with Gasteiger partial charge < -0.3 is 5.11 Å². The zero-order valence-electron chi connectivity index (χ0n) is 9.25. The van der Waals surface area contributed by atoms with Crippen molar-refractivity contribution in [1.29, 1.82) is 0 Å². The second-order valence-electron chi connectivity index (χ2n) is 3.03. The van der Waals surface area contributed by atoms with Crippen molar-refractivity contribution in [1.82, 2.24) is 0 Å². The van der Waals surface area contributed by atoms with E-state index in [9.17, 15) is 4.79 Å². The smallest absolute Gasteiger partial charge is 0.300 e. The number of carbonyl (C=O) groups is 2. The minimum absolute atomic E-state index is 0.150. The van der Waals surface area contributed by atoms with E-state index in [2.05, 4.69) is 6.92 Å². The molecule has 1 N–H and O–H groups in total. The maximum Gasteiger partial charge on any atom is 0.300 e. The monoisotopic (exact) mass is 200 g/mol. The van der Waals surface area contributed by atoms with Crippen LogP contribution in [0, 0.1) is 0 Å². The topological polar surface area (TPSA) is 54.4 Å². The highest BCUT2D eigenvalue weighted by atomic mass is 16.4. The van der Waals surface area contributed by atoms with Crippen LogP contribution in [0.25, 0.3) is 0 Å². The fraction of sp³-hybridized carbons (Fsp3) is 0.636. The van der Waals surface area contributed by atoms with Gasteiger partial charge in [0.2, 0.25) is 0 Å². The van der Waals surface area contributed by atoms with E-state index in [4.69, 9.17) is 9.90 Å². The summed E-state index contributed by atoms with van der Waals surface area (Å²) in [5.41, 5.74) is 0. The first-order valence-corrected chi connectivity index (χ1v) is 4.87. The van der Waals surface area contributed by atoms with Crippen LogP contribution in [0.1, 0.15) is 46.5 Å². The first kappa shape index (κ1) is 15.4. The Bertz CT molecular complexity index is 179. The maximum atomic E-state index is 10.4. The van der Waals surface area contributed by atoms with Crippen molar-refractivity contribution in [2.24, 2.45) is 0 Å². The van der Waals surface area contributed by atoms with Gasteiger partial charge in [0.05, 0.1) is 0 Å². The molecule has 0 aliphatic carbocycles. The Labute approximate surface area is 85.8 Å². The lowest BCUT2D eigenvalue weighted by Gasteiger charge is -1.89. The van der Waals surface area contributed by atoms with Crippen LogP contribution in [0.5, 0.6) is 0 Å². The van der Waals surface area contributed by atoms with Crippen LogP contribution in [0.15, 0.2) is 12.2 Å². The van der Waals surface area contributed by atoms with Crippen molar-refractivity contribution in [3.8, 4) is 0 Å². The molecule has 0 amide bonds. The largest absolute Gasteiger partial charge is 0.481 e. The number of ketones is 1. The summed E-state index contributed by atoms with van der Waals surface area (Å²) in [5, 5.41) is 7.42. The number of carboxylic acid groups (broad SMARTS) is 1. The normalized spacial score (nSPS) is 9.36. The van der Waals surface area contributed by atoms with Crippen molar-refractivity contribution in [2.45, 2.75) is 46.5 Å². The molecule has 0 aromatic heterocycles. The van der Waals surface area contributed by atoms with Crippen LogP contribution < -0.4 is 0 Å². The Morgan fingerprint density at radius 3 is 2.07 bits per heavy atom. The fourth-order valence-electron chi connectivity index (χ4n) is 0.761. The number of hydrogen-bond donors (Lipinski definition) is 1. The van der Waals surface area contributed by atoms with Gasteiger partial charge in [-0.1, -0.05) is 25.8 Å². The predicted molar refractivity (Wildman–Crippen MR) is 57.3 cm³/mol. The molecule has 0 aromatic carbocycles. The number of rotatable bonds is 5. The molecule has 0 aliphatic heterocycles. The molecule has 0 rings (SSSR count). The fourth-order valence-corrected chi connectivity index (χ4v) is 0.761. The lowest BCUT2D eigenvalue weighted by atomic mass is 10.2. The summed E-state index contributed by atoms with van der Waals surface area (Å²) in [5.74, 6) is -0.684. The van der Waals surface area contributed by atoms with Gasteiger partial charge in [-0.3, -0.25) is 9.59 Å². The third-order valence-electron chi connectivity index (χ3n) is 1.33. The molecule has 3 heteroatoms. The van der Waals surface area contributed by atoms with Crippen molar-refractivity contribution >= 4 is 11.8 Å². The van der Waals surface area contributed by atoms with Crippen LogP contribution in [0.4, 0.5) is 0 Å². The molecular weight excluding hydrogens is 180 g/mol. The summed E-state index contributed by atoms with van der Waals surface area (Å²) in [6.07, 6.45) is 8.37. The third kappa shape index (κ3) is 30.7. The molecule has 0 unspecified atom stereocenters. The van der Waals surface area contributed by atoms with E-state index in [-0.39, 0.29) is 5.78 Å². The molecule has 0 saturated heterocycles. The highest BCUT2D eigenvalue weighted by molar-refractivity contribution is 5.87. The number of aliphatic carboxylic acids is 1. The first-order valence-electron chi connectivity index (χ1n) is 4.87. The van der Waals surface area contributed by atoms with Crippen molar-refractivity contribution in [3.05, 3.63) is 12.2 Å². The molecule has 0 bridgehead atoms. The molecular formula is C11H20O3. The standard InChI is InChI=1S/C9H16O.C2H4O2/c1-3-4-5-6-7-8-9(2)10;1-2(3)4/h7-8H,3-6H2,1-2H3;1H3,(H,3,4). The molecule has 3 nitrogen and oxygen atoms in total. The highest BCUT2D eigenvalue weighted by Crippen LogP contribution is 1.99. The summed E-state index contributed by atoms with van der Waals surface area (Å²) in [4.78, 5) is 19.4. The third-order valence-corrected chi connectivity index (χ3v) is 1.33. The molecule has 0 saturated carbocycles. The second kappa shape index (κ2) is 11.9. The molecule has 0 aliphatic rings. The number of unbranched alkanes of at least 4 members (excludes halogenated alkanes) is 3. The van der Waals surface area contributed by atoms with Crippen LogP contribution >= 0.6 is 0 Å². The quantitative estimate of drug-likeness (QED) is 0.548. The van der Waals surface area contributed by atoms with Gasteiger partial charge in [0.1, 0.15) is 0 Å². The van der Waals surface area contributed by atoms with Crippen LogP contribution in [-0.2, 0) is 9.59 Å². The van der Waals surface area contributed by atoms with Gasteiger partial charge in [-0.25, -0.2) is 0 Å². The molecule has 0 aromatic rings. The maximum absolute atomic E-state index is 10.4. The van der Waals surface area contributed by atoms with Gasteiger partial charge in [0, 0.05) is 6.92 Å². The molecule has 0 atom stereocenters. The molecule has 0 radical (unpaired) electrons. The van der Waals surface area contributed by atoms with Crippen molar-refractivity contribution in [2.75, 3.05) is 0 Å². The molecule has 14 heavy (non-hydrogen) atoms. The summed E-state index contributed by atoms with van der Waals surface area (Å²) >= 11 is 0. The Morgan fingerprint density at radius 1 is 1.21 bits per heavy atom. The zero-order valence-corrected chi connectivity index (χ0v) is 9.25. The van der Waals surface area contributed by atoms with E-state index in [1.54, 1.807) is 13.0 Å². The van der Waals surface area contributed by atoms with Crippen LogP contribution in [0.3, 0.4) is 0 Å². The van der Waals surface area contributed by atoms with Gasteiger partial charge >= 0.3 is 0 Å². The predicted octanol–water partition coefficient (Wildman–Crippen LogP) is 2.80. The van der Waals surface area contributed by atoms with Gasteiger partial charge in [-0.2, -0.15) is 0 Å². The Balaban J connectivity index is 0. The number of carbonyl (C=O) groups excluding carboxylic acids is 1. The molecule has 82 valence electrons. The first-order chi connectivity index (χ1) is 6.50. The number of carboxylic acids is 1. The van der Waals surface area contributed by atoms with Crippen LogP contribution in [-0.4, -0.2) is 16.9 Å². The SMILES string of the molecule is CC(=O)O.CCCCCC=CC(C)=O. The lowest BCUT2D eigenvalue weighted by molar-refractivity contribution is -0.134. The van der Waals surface area contributed by atoms with E-state index >= 15 is 0 Å². The number of allylic oxidation sites excluding steroid dienone is 2. The molecule has 0 heterocycles. The second-order valence-corrected chi connectivity index (χ2v) is 3.03. The summed E-state index contributed by atoms with van der Waals surface area (Å²) < 4.78 is 0. The van der Waals surface area contributed by atoms with E-state index in [1.165, 1.54) is 19.3 Å². The van der Waals surface area contributed by atoms with Gasteiger partial charge in [0.25, 0.3) is 5.97 Å². The van der Waals surface area contributed by atoms with Gasteiger partial charge in [0.15, 0.2) is 5.78 Å². The lowest BCUT2D eigenvalue weighted by Crippen LogP contribution is -1.79. The number of hydrogen-bond acceptors (Lipinski definition) is 2. The summed E-state index contributed by atoms with van der Waals surface area (Å²) in [6, 6.07) is 0. The minimum Gasteiger partial charge on any atom is -0.481 e. The Kier molecular flexibility index (Phi) is 13.0. The van der Waals surface area contributed by atoms with E-state index in [0.29, 0.717) is 0 Å². The Hall–Kier alpha value is -1.12. The average Bonchev–Trinajstić information content (AvgIpc) is 2.02. The average molecular weight is 200 g/mol. The summed E-state index contributed by atoms with van der Waals surface area (Å²) in [7, 11) is 0. The Morgan fingerprint density at radius 2 is 1.71 bits per heavy atom. The zero-order chi connectivity index (χ0) is 11.4. The molecule has 0 fully saturated rings. The van der Waals surface area contributed by atoms with Crippen molar-refractivity contribution < 1.29 is 14.7 Å². The van der Waals surface area contributed by atoms with E-state index < -0.39 is 5.97 Å². The van der Waals surface area contributed by atoms with E-state index in [1.807, 2.05) is 6.08 Å². The van der Waals surface area contributed by atoms with Gasteiger partial charge in [-0.15, -0.1) is 0 Å². The molecule has 0 spiro atoms.